The number of carbonyl (C=O) groups is 2. The first-order valence-corrected chi connectivity index (χ1v) is 8.60. The first-order chi connectivity index (χ1) is 11.1. The first kappa shape index (κ1) is 16.3. The summed E-state index contributed by atoms with van der Waals surface area (Å²) in [5.74, 6) is -0.832. The summed E-state index contributed by atoms with van der Waals surface area (Å²) in [6.45, 7) is 4.28. The topological polar surface area (TPSA) is 52.7 Å². The normalized spacial score (nSPS) is 21.9. The van der Waals surface area contributed by atoms with Gasteiger partial charge in [-0.1, -0.05) is 11.6 Å². The van der Waals surface area contributed by atoms with Crippen LogP contribution >= 0.6 is 11.6 Å². The average molecular weight is 336 g/mol. The molecule has 1 N–H and O–H groups in total. The lowest BCUT2D eigenvalue weighted by Crippen LogP contribution is -2.40. The lowest BCUT2D eigenvalue weighted by molar-refractivity contribution is -0.132. The van der Waals surface area contributed by atoms with Crippen molar-refractivity contribution in [3.05, 3.63) is 29.3 Å². The van der Waals surface area contributed by atoms with Gasteiger partial charge in [0.15, 0.2) is 0 Å². The summed E-state index contributed by atoms with van der Waals surface area (Å²) >= 11 is 5.87. The van der Waals surface area contributed by atoms with E-state index in [9.17, 15) is 9.59 Å². The molecule has 2 saturated heterocycles. The van der Waals surface area contributed by atoms with Gasteiger partial charge >= 0.3 is 0 Å². The van der Waals surface area contributed by atoms with Crippen molar-refractivity contribution in [2.24, 2.45) is 5.92 Å². The summed E-state index contributed by atoms with van der Waals surface area (Å²) in [6, 6.07) is 7.14. The first-order valence-electron chi connectivity index (χ1n) is 8.22. The maximum atomic E-state index is 12.5. The Morgan fingerprint density at radius 3 is 2.57 bits per heavy atom. The second kappa shape index (κ2) is 7.32. The van der Waals surface area contributed by atoms with Crippen LogP contribution in [0.15, 0.2) is 24.3 Å². The van der Waals surface area contributed by atoms with Gasteiger partial charge in [-0.25, -0.2) is 0 Å². The van der Waals surface area contributed by atoms with Crippen LogP contribution in [0.4, 0.5) is 5.69 Å². The number of carbonyl (C=O) groups excluding carboxylic acids is 2. The monoisotopic (exact) mass is 335 g/mol. The molecule has 2 aliphatic rings. The number of nitrogens with zero attached hydrogens (tertiary/aromatic N) is 2. The summed E-state index contributed by atoms with van der Waals surface area (Å²) in [5.41, 5.74) is 0.798. The Balaban J connectivity index is 1.51. The number of hydrogen-bond donors (Lipinski definition) is 1. The van der Waals surface area contributed by atoms with Gasteiger partial charge < -0.3 is 15.1 Å². The SMILES string of the molecule is O=C(NCCN1CCCC1)C1CCN(c2ccc(Cl)cc2)C1=O. The zero-order valence-corrected chi connectivity index (χ0v) is 13.9. The number of amides is 2. The van der Waals surface area contributed by atoms with E-state index in [2.05, 4.69) is 10.2 Å². The summed E-state index contributed by atoms with van der Waals surface area (Å²) in [4.78, 5) is 28.7. The Kier molecular flexibility index (Phi) is 5.18. The van der Waals surface area contributed by atoms with Gasteiger partial charge in [-0.2, -0.15) is 0 Å². The number of likely N-dealkylation sites (tertiary alicyclic amines) is 1. The van der Waals surface area contributed by atoms with E-state index >= 15 is 0 Å². The third-order valence-electron chi connectivity index (χ3n) is 4.59. The smallest absolute Gasteiger partial charge is 0.239 e. The molecule has 0 radical (unpaired) electrons. The Morgan fingerprint density at radius 1 is 1.17 bits per heavy atom. The van der Waals surface area contributed by atoms with Gasteiger partial charge in [0.25, 0.3) is 0 Å². The number of anilines is 1. The highest BCUT2D eigenvalue weighted by atomic mass is 35.5. The highest BCUT2D eigenvalue weighted by Crippen LogP contribution is 2.26. The molecule has 2 fully saturated rings. The van der Waals surface area contributed by atoms with Gasteiger partial charge in [-0.05, 0) is 56.6 Å². The molecule has 0 aliphatic carbocycles. The quantitative estimate of drug-likeness (QED) is 0.836. The van der Waals surface area contributed by atoms with Gasteiger partial charge in [-0.3, -0.25) is 9.59 Å². The van der Waals surface area contributed by atoms with Crippen LogP contribution in [0.25, 0.3) is 0 Å². The van der Waals surface area contributed by atoms with Crippen molar-refractivity contribution in [3.8, 4) is 0 Å². The van der Waals surface area contributed by atoms with Crippen LogP contribution in [-0.4, -0.2) is 49.4 Å². The van der Waals surface area contributed by atoms with Gasteiger partial charge in [0, 0.05) is 30.3 Å². The third kappa shape index (κ3) is 3.85. The number of halogens is 1. The largest absolute Gasteiger partial charge is 0.354 e. The molecule has 0 bridgehead atoms. The Bertz CT molecular complexity index is 570. The molecule has 3 rings (SSSR count). The van der Waals surface area contributed by atoms with Gasteiger partial charge in [0.1, 0.15) is 5.92 Å². The van der Waals surface area contributed by atoms with E-state index in [1.807, 2.05) is 12.1 Å². The van der Waals surface area contributed by atoms with Gasteiger partial charge in [-0.15, -0.1) is 0 Å². The predicted octanol–water partition coefficient (Wildman–Crippen LogP) is 1.90. The van der Waals surface area contributed by atoms with Crippen molar-refractivity contribution < 1.29 is 9.59 Å². The molecular formula is C17H22ClN3O2. The lowest BCUT2D eigenvalue weighted by atomic mass is 10.1. The van der Waals surface area contributed by atoms with E-state index in [0.29, 0.717) is 24.5 Å². The Morgan fingerprint density at radius 2 is 1.87 bits per heavy atom. The van der Waals surface area contributed by atoms with Crippen molar-refractivity contribution in [3.63, 3.8) is 0 Å². The predicted molar refractivity (Wildman–Crippen MR) is 90.6 cm³/mol. The molecule has 2 amide bonds. The van der Waals surface area contributed by atoms with Crippen molar-refractivity contribution in [1.29, 1.82) is 0 Å². The van der Waals surface area contributed by atoms with Crippen molar-refractivity contribution in [1.82, 2.24) is 10.2 Å². The zero-order valence-electron chi connectivity index (χ0n) is 13.1. The molecular weight excluding hydrogens is 314 g/mol. The fraction of sp³-hybridized carbons (Fsp3) is 0.529. The Hall–Kier alpha value is -1.59. The summed E-state index contributed by atoms with van der Waals surface area (Å²) in [5, 5.41) is 3.55. The van der Waals surface area contributed by atoms with Gasteiger partial charge in [0.05, 0.1) is 0 Å². The van der Waals surface area contributed by atoms with Gasteiger partial charge in [0.2, 0.25) is 11.8 Å². The molecule has 5 nitrogen and oxygen atoms in total. The lowest BCUT2D eigenvalue weighted by Gasteiger charge is -2.18. The maximum absolute atomic E-state index is 12.5. The van der Waals surface area contributed by atoms with Crippen LogP contribution in [0, 0.1) is 5.92 Å². The molecule has 1 unspecified atom stereocenters. The molecule has 2 aliphatic heterocycles. The molecule has 23 heavy (non-hydrogen) atoms. The number of benzene rings is 1. The van der Waals surface area contributed by atoms with Crippen LogP contribution in [0.3, 0.4) is 0 Å². The molecule has 0 saturated carbocycles. The summed E-state index contributed by atoms with van der Waals surface area (Å²) in [7, 11) is 0. The molecule has 124 valence electrons. The fourth-order valence-corrected chi connectivity index (χ4v) is 3.39. The van der Waals surface area contributed by atoms with Crippen LogP contribution in [-0.2, 0) is 9.59 Å². The molecule has 0 spiro atoms. The minimum absolute atomic E-state index is 0.119. The standard InChI is InChI=1S/C17H22ClN3O2/c18-13-3-5-14(6-4-13)21-11-7-15(17(21)23)16(22)19-8-12-20-9-1-2-10-20/h3-6,15H,1-2,7-12H2,(H,19,22). The highest BCUT2D eigenvalue weighted by Gasteiger charge is 2.37. The minimum atomic E-state index is -0.566. The molecule has 1 aromatic rings. The second-order valence-electron chi connectivity index (χ2n) is 6.15. The molecule has 6 heteroatoms. The Labute approximate surface area is 141 Å². The van der Waals surface area contributed by atoms with E-state index < -0.39 is 5.92 Å². The highest BCUT2D eigenvalue weighted by molar-refractivity contribution is 6.30. The van der Waals surface area contributed by atoms with E-state index in [1.165, 1.54) is 12.8 Å². The van der Waals surface area contributed by atoms with E-state index in [1.54, 1.807) is 17.0 Å². The number of hydrogen-bond acceptors (Lipinski definition) is 3. The minimum Gasteiger partial charge on any atom is -0.354 e. The molecule has 0 aromatic heterocycles. The number of nitrogens with one attached hydrogen (secondary N) is 1. The average Bonchev–Trinajstić information content (AvgIpc) is 3.18. The zero-order chi connectivity index (χ0) is 16.2. The van der Waals surface area contributed by atoms with Crippen molar-refractivity contribution in [2.75, 3.05) is 37.6 Å². The fourth-order valence-electron chi connectivity index (χ4n) is 3.27. The second-order valence-corrected chi connectivity index (χ2v) is 6.58. The number of rotatable bonds is 5. The maximum Gasteiger partial charge on any atom is 0.239 e. The van der Waals surface area contributed by atoms with Crippen LogP contribution < -0.4 is 10.2 Å². The van der Waals surface area contributed by atoms with Crippen LogP contribution in [0.5, 0.6) is 0 Å². The molecule has 1 atom stereocenters. The summed E-state index contributed by atoms with van der Waals surface area (Å²) in [6.07, 6.45) is 3.05. The van der Waals surface area contributed by atoms with E-state index in [4.69, 9.17) is 11.6 Å². The molecule has 2 heterocycles. The van der Waals surface area contributed by atoms with Crippen LogP contribution in [0.2, 0.25) is 5.02 Å². The molecule has 1 aromatic carbocycles. The van der Waals surface area contributed by atoms with Crippen LogP contribution in [0.1, 0.15) is 19.3 Å². The van der Waals surface area contributed by atoms with E-state index in [0.717, 1.165) is 25.3 Å². The van der Waals surface area contributed by atoms with Crippen molar-refractivity contribution in [2.45, 2.75) is 19.3 Å². The third-order valence-corrected chi connectivity index (χ3v) is 4.84. The summed E-state index contributed by atoms with van der Waals surface area (Å²) < 4.78 is 0. The van der Waals surface area contributed by atoms with Crippen molar-refractivity contribution >= 4 is 29.1 Å². The van der Waals surface area contributed by atoms with E-state index in [-0.39, 0.29) is 11.8 Å².